The first-order valence-electron chi connectivity index (χ1n) is 7.53. The van der Waals surface area contributed by atoms with E-state index in [-0.39, 0.29) is 12.1 Å². The quantitative estimate of drug-likeness (QED) is 0.638. The van der Waals surface area contributed by atoms with Gasteiger partial charge in [0.25, 0.3) is 0 Å². The zero-order valence-corrected chi connectivity index (χ0v) is 12.9. The number of hydrazine groups is 1. The van der Waals surface area contributed by atoms with Crippen molar-refractivity contribution in [3.63, 3.8) is 0 Å². The molecule has 0 radical (unpaired) electrons. The summed E-state index contributed by atoms with van der Waals surface area (Å²) in [6, 6.07) is 6.55. The fourth-order valence-corrected chi connectivity index (χ4v) is 2.94. The van der Waals surface area contributed by atoms with Gasteiger partial charge in [-0.15, -0.1) is 0 Å². The van der Waals surface area contributed by atoms with Crippen molar-refractivity contribution in [3.8, 4) is 0 Å². The van der Waals surface area contributed by atoms with Crippen molar-refractivity contribution in [1.29, 1.82) is 0 Å². The summed E-state index contributed by atoms with van der Waals surface area (Å²) in [5.74, 6) is 5.83. The van der Waals surface area contributed by atoms with Crippen LogP contribution in [0.5, 0.6) is 0 Å². The van der Waals surface area contributed by atoms with E-state index >= 15 is 0 Å². The van der Waals surface area contributed by atoms with E-state index < -0.39 is 0 Å². The minimum Gasteiger partial charge on any atom is -0.374 e. The second-order valence-corrected chi connectivity index (χ2v) is 5.71. The van der Waals surface area contributed by atoms with Gasteiger partial charge >= 0.3 is 0 Å². The zero-order chi connectivity index (χ0) is 14.5. The summed E-state index contributed by atoms with van der Waals surface area (Å²) < 4.78 is 5.97. The van der Waals surface area contributed by atoms with E-state index in [1.165, 1.54) is 23.1 Å². The van der Waals surface area contributed by atoms with E-state index in [1.807, 2.05) is 0 Å². The minimum atomic E-state index is 0.0505. The number of hydrogen-bond donors (Lipinski definition) is 2. The van der Waals surface area contributed by atoms with Gasteiger partial charge in [-0.1, -0.05) is 30.7 Å². The Morgan fingerprint density at radius 2 is 2.25 bits per heavy atom. The lowest BCUT2D eigenvalue weighted by Crippen LogP contribution is -2.49. The summed E-state index contributed by atoms with van der Waals surface area (Å²) >= 11 is 0. The number of nitrogens with zero attached hydrogens (tertiary/aromatic N) is 1. The molecule has 1 aromatic rings. The molecule has 0 aliphatic carbocycles. The van der Waals surface area contributed by atoms with Gasteiger partial charge in [-0.05, 0) is 37.9 Å². The molecule has 20 heavy (non-hydrogen) atoms. The minimum absolute atomic E-state index is 0.0505. The first-order valence-corrected chi connectivity index (χ1v) is 7.53. The molecule has 0 aromatic heterocycles. The third-order valence-corrected chi connectivity index (χ3v) is 4.04. The molecule has 4 nitrogen and oxygen atoms in total. The van der Waals surface area contributed by atoms with Crippen LogP contribution in [0.15, 0.2) is 18.2 Å². The van der Waals surface area contributed by atoms with Gasteiger partial charge in [0.2, 0.25) is 0 Å². The highest BCUT2D eigenvalue weighted by molar-refractivity contribution is 5.33. The van der Waals surface area contributed by atoms with Gasteiger partial charge in [0.15, 0.2) is 0 Å². The molecule has 1 heterocycles. The second kappa shape index (κ2) is 7.18. The number of morpholine rings is 1. The zero-order valence-electron chi connectivity index (χ0n) is 12.9. The van der Waals surface area contributed by atoms with Crippen LogP contribution in [0.4, 0.5) is 0 Å². The van der Waals surface area contributed by atoms with Crippen molar-refractivity contribution in [1.82, 2.24) is 10.3 Å². The van der Waals surface area contributed by atoms with Gasteiger partial charge in [-0.25, -0.2) is 0 Å². The Hall–Kier alpha value is -0.940. The molecule has 0 amide bonds. The maximum absolute atomic E-state index is 5.97. The molecule has 2 rings (SSSR count). The van der Waals surface area contributed by atoms with E-state index in [4.69, 9.17) is 10.6 Å². The molecule has 1 fully saturated rings. The molecule has 2 atom stereocenters. The standard InChI is InChI=1S/C16H27N3O/c1-4-7-19-8-9-20-15(11-19)16(18-17)14-10-12(2)5-6-13(14)3/h5-6,10,15-16,18H,4,7-9,11,17H2,1-3H3. The van der Waals surface area contributed by atoms with Gasteiger partial charge in [0.05, 0.1) is 18.8 Å². The van der Waals surface area contributed by atoms with Gasteiger partial charge < -0.3 is 4.74 Å². The number of benzene rings is 1. The molecule has 0 bridgehead atoms. The molecule has 3 N–H and O–H groups in total. The fourth-order valence-electron chi connectivity index (χ4n) is 2.94. The fraction of sp³-hybridized carbons (Fsp3) is 0.625. The topological polar surface area (TPSA) is 50.5 Å². The van der Waals surface area contributed by atoms with Crippen molar-refractivity contribution >= 4 is 0 Å². The Labute approximate surface area is 122 Å². The molecular weight excluding hydrogens is 250 g/mol. The van der Waals surface area contributed by atoms with Crippen LogP contribution in [0, 0.1) is 13.8 Å². The maximum Gasteiger partial charge on any atom is 0.0909 e. The van der Waals surface area contributed by atoms with Gasteiger partial charge in [0.1, 0.15) is 0 Å². The van der Waals surface area contributed by atoms with E-state index in [1.54, 1.807) is 0 Å². The van der Waals surface area contributed by atoms with E-state index in [9.17, 15) is 0 Å². The van der Waals surface area contributed by atoms with Crippen LogP contribution in [0.1, 0.15) is 36.1 Å². The summed E-state index contributed by atoms with van der Waals surface area (Å²) in [5.41, 5.74) is 6.73. The third-order valence-electron chi connectivity index (χ3n) is 4.04. The molecule has 0 spiro atoms. The number of rotatable bonds is 5. The first-order chi connectivity index (χ1) is 9.65. The molecule has 4 heteroatoms. The Bertz CT molecular complexity index is 434. The average Bonchev–Trinajstić information content (AvgIpc) is 2.44. The summed E-state index contributed by atoms with van der Waals surface area (Å²) in [6.07, 6.45) is 1.29. The number of nitrogens with two attached hydrogens (primary N) is 1. The molecule has 1 aromatic carbocycles. The summed E-state index contributed by atoms with van der Waals surface area (Å²) in [6.45, 7) is 10.3. The van der Waals surface area contributed by atoms with Crippen LogP contribution in [-0.2, 0) is 4.74 Å². The highest BCUT2D eigenvalue weighted by Crippen LogP contribution is 2.25. The van der Waals surface area contributed by atoms with Crippen LogP contribution in [-0.4, -0.2) is 37.2 Å². The molecule has 1 aliphatic rings. The van der Waals surface area contributed by atoms with Gasteiger partial charge in [0, 0.05) is 13.1 Å². The molecule has 1 saturated heterocycles. The Balaban J connectivity index is 2.16. The number of nitrogens with one attached hydrogen (secondary N) is 1. The smallest absolute Gasteiger partial charge is 0.0909 e. The average molecular weight is 277 g/mol. The Morgan fingerprint density at radius 3 is 2.95 bits per heavy atom. The number of ether oxygens (including phenoxy) is 1. The molecule has 2 unspecified atom stereocenters. The number of aryl methyl sites for hydroxylation is 2. The van der Waals surface area contributed by atoms with Crippen molar-refractivity contribution in [2.45, 2.75) is 39.3 Å². The van der Waals surface area contributed by atoms with Crippen LogP contribution >= 0.6 is 0 Å². The highest BCUT2D eigenvalue weighted by Gasteiger charge is 2.29. The van der Waals surface area contributed by atoms with Crippen molar-refractivity contribution in [3.05, 3.63) is 34.9 Å². The van der Waals surface area contributed by atoms with Crippen molar-refractivity contribution in [2.24, 2.45) is 5.84 Å². The highest BCUT2D eigenvalue weighted by atomic mass is 16.5. The Kier molecular flexibility index (Phi) is 5.54. The largest absolute Gasteiger partial charge is 0.374 e. The summed E-state index contributed by atoms with van der Waals surface area (Å²) in [4.78, 5) is 2.46. The Morgan fingerprint density at radius 1 is 1.45 bits per heavy atom. The van der Waals surface area contributed by atoms with Crippen LogP contribution in [0.2, 0.25) is 0 Å². The van der Waals surface area contributed by atoms with Crippen molar-refractivity contribution < 1.29 is 4.74 Å². The maximum atomic E-state index is 5.97. The normalized spacial score (nSPS) is 21.9. The van der Waals surface area contributed by atoms with E-state index in [0.717, 1.165) is 26.2 Å². The lowest BCUT2D eigenvalue weighted by molar-refractivity contribution is -0.0472. The van der Waals surface area contributed by atoms with E-state index in [2.05, 4.69) is 49.3 Å². The second-order valence-electron chi connectivity index (χ2n) is 5.71. The first kappa shape index (κ1) is 15.4. The summed E-state index contributed by atoms with van der Waals surface area (Å²) in [5, 5.41) is 0. The predicted molar refractivity (Wildman–Crippen MR) is 82.5 cm³/mol. The predicted octanol–water partition coefficient (Wildman–Crippen LogP) is 1.92. The van der Waals surface area contributed by atoms with Crippen LogP contribution in [0.3, 0.4) is 0 Å². The van der Waals surface area contributed by atoms with Gasteiger partial charge in [-0.2, -0.15) is 0 Å². The molecule has 0 saturated carbocycles. The molecule has 112 valence electrons. The SMILES string of the molecule is CCCN1CCOC(C(NN)c2cc(C)ccc2C)C1. The monoisotopic (exact) mass is 277 g/mol. The van der Waals surface area contributed by atoms with Crippen molar-refractivity contribution in [2.75, 3.05) is 26.2 Å². The third kappa shape index (κ3) is 3.58. The van der Waals surface area contributed by atoms with Crippen LogP contribution < -0.4 is 11.3 Å². The molecular formula is C16H27N3O. The lowest BCUT2D eigenvalue weighted by atomic mass is 9.94. The van der Waals surface area contributed by atoms with Crippen LogP contribution in [0.25, 0.3) is 0 Å². The van der Waals surface area contributed by atoms with Gasteiger partial charge in [-0.3, -0.25) is 16.2 Å². The number of hydrogen-bond acceptors (Lipinski definition) is 4. The van der Waals surface area contributed by atoms with E-state index in [0.29, 0.717) is 0 Å². The summed E-state index contributed by atoms with van der Waals surface area (Å²) in [7, 11) is 0. The molecule has 1 aliphatic heterocycles. The lowest BCUT2D eigenvalue weighted by Gasteiger charge is -2.37.